The Morgan fingerprint density at radius 2 is 0.912 bits per heavy atom. The van der Waals surface area contributed by atoms with Gasteiger partial charge in [0.05, 0.1) is 0 Å². The Bertz CT molecular complexity index is 1240. The molecule has 1 aromatic heterocycles. The highest BCUT2D eigenvalue weighted by atomic mass is 15.0. The Morgan fingerprint density at radius 1 is 0.441 bits per heavy atom. The van der Waals surface area contributed by atoms with E-state index < -0.39 is 0 Å². The maximum atomic E-state index is 4.60. The van der Waals surface area contributed by atoms with Gasteiger partial charge in [-0.05, 0) is 23.1 Å². The van der Waals surface area contributed by atoms with Crippen LogP contribution in [0.15, 0.2) is 115 Å². The minimum absolute atomic E-state index is 0.733. The van der Waals surface area contributed by atoms with Gasteiger partial charge in [0.25, 0.3) is 0 Å². The molecule has 34 heavy (non-hydrogen) atoms. The van der Waals surface area contributed by atoms with Crippen LogP contribution >= 0.6 is 0 Å². The Hall–Kier alpha value is -4.11. The standard InChI is InChI=1S/C17H15N3.C14H14/c1-2-15-18-16(13-9-5-3-6-10-13)20-17(19-15)14-11-7-4-8-12-14;1-2-12-7-6-10-14(11-12)13-8-4-3-5-9-13/h3-12H,2H2,1H3;3-11H,2H2,1H3. The lowest BCUT2D eigenvalue weighted by Crippen LogP contribution is -2.01. The predicted octanol–water partition coefficient (Wildman–Crippen LogP) is 7.68. The van der Waals surface area contributed by atoms with Crippen molar-refractivity contribution in [3.8, 4) is 33.9 Å². The molecule has 168 valence electrons. The van der Waals surface area contributed by atoms with E-state index in [1.54, 1.807) is 0 Å². The number of aryl methyl sites for hydroxylation is 2. The summed E-state index contributed by atoms with van der Waals surface area (Å²) in [5, 5.41) is 0. The van der Waals surface area contributed by atoms with Crippen LogP contribution in [0.3, 0.4) is 0 Å². The first kappa shape index (κ1) is 23.1. The molecular weight excluding hydrogens is 414 g/mol. The predicted molar refractivity (Wildman–Crippen MR) is 141 cm³/mol. The minimum atomic E-state index is 0.733. The molecule has 0 radical (unpaired) electrons. The van der Waals surface area contributed by atoms with Crippen molar-refractivity contribution >= 4 is 0 Å². The summed E-state index contributed by atoms with van der Waals surface area (Å²) in [4.78, 5) is 13.7. The molecule has 3 heteroatoms. The van der Waals surface area contributed by atoms with Gasteiger partial charge in [0.1, 0.15) is 5.82 Å². The third-order valence-corrected chi connectivity index (χ3v) is 5.50. The Morgan fingerprint density at radius 3 is 1.38 bits per heavy atom. The fourth-order valence-corrected chi connectivity index (χ4v) is 3.61. The molecule has 4 aromatic carbocycles. The van der Waals surface area contributed by atoms with E-state index in [1.807, 2.05) is 66.7 Å². The highest BCUT2D eigenvalue weighted by Gasteiger charge is 2.08. The maximum Gasteiger partial charge on any atom is 0.163 e. The van der Waals surface area contributed by atoms with Gasteiger partial charge in [0, 0.05) is 17.5 Å². The van der Waals surface area contributed by atoms with E-state index in [0.717, 1.165) is 41.4 Å². The summed E-state index contributed by atoms with van der Waals surface area (Å²) in [6, 6.07) is 39.2. The molecule has 5 rings (SSSR count). The van der Waals surface area contributed by atoms with Crippen molar-refractivity contribution in [1.82, 2.24) is 15.0 Å². The minimum Gasteiger partial charge on any atom is -0.213 e. The Kier molecular flexibility index (Phi) is 7.91. The average molecular weight is 444 g/mol. The van der Waals surface area contributed by atoms with Gasteiger partial charge in [-0.1, -0.05) is 129 Å². The van der Waals surface area contributed by atoms with Gasteiger partial charge in [0.2, 0.25) is 0 Å². The largest absolute Gasteiger partial charge is 0.213 e. The topological polar surface area (TPSA) is 38.7 Å². The second-order valence-electron chi connectivity index (χ2n) is 7.90. The second-order valence-corrected chi connectivity index (χ2v) is 7.90. The van der Waals surface area contributed by atoms with Gasteiger partial charge >= 0.3 is 0 Å². The lowest BCUT2D eigenvalue weighted by Gasteiger charge is -2.06. The van der Waals surface area contributed by atoms with E-state index in [4.69, 9.17) is 0 Å². The molecule has 0 bridgehead atoms. The fraction of sp³-hybridized carbons (Fsp3) is 0.129. The molecule has 0 atom stereocenters. The SMILES string of the molecule is CCc1cccc(-c2ccccc2)c1.CCc1nc(-c2ccccc2)nc(-c2ccccc2)n1. The first-order valence-corrected chi connectivity index (χ1v) is 11.8. The molecule has 5 aromatic rings. The van der Waals surface area contributed by atoms with Crippen LogP contribution in [0, 0.1) is 0 Å². The smallest absolute Gasteiger partial charge is 0.163 e. The fourth-order valence-electron chi connectivity index (χ4n) is 3.61. The first-order chi connectivity index (χ1) is 16.8. The van der Waals surface area contributed by atoms with Crippen LogP contribution in [0.1, 0.15) is 25.2 Å². The van der Waals surface area contributed by atoms with E-state index in [2.05, 4.69) is 77.3 Å². The molecule has 3 nitrogen and oxygen atoms in total. The third kappa shape index (κ3) is 6.02. The molecule has 0 saturated heterocycles. The number of rotatable bonds is 5. The molecule has 0 unspecified atom stereocenters. The van der Waals surface area contributed by atoms with Gasteiger partial charge in [-0.15, -0.1) is 0 Å². The van der Waals surface area contributed by atoms with Crippen molar-refractivity contribution in [2.24, 2.45) is 0 Å². The van der Waals surface area contributed by atoms with Crippen molar-refractivity contribution in [3.05, 3.63) is 127 Å². The lowest BCUT2D eigenvalue weighted by molar-refractivity contribution is 0.910. The summed E-state index contributed by atoms with van der Waals surface area (Å²) in [7, 11) is 0. The molecule has 0 amide bonds. The van der Waals surface area contributed by atoms with Crippen LogP contribution in [0.5, 0.6) is 0 Å². The number of benzene rings is 4. The first-order valence-electron chi connectivity index (χ1n) is 11.8. The summed E-state index contributed by atoms with van der Waals surface area (Å²) in [6.45, 7) is 4.24. The van der Waals surface area contributed by atoms with Gasteiger partial charge < -0.3 is 0 Å². The van der Waals surface area contributed by atoms with Crippen molar-refractivity contribution in [2.75, 3.05) is 0 Å². The molecule has 0 N–H and O–H groups in total. The average Bonchev–Trinajstić information content (AvgIpc) is 2.94. The molecule has 0 aliphatic heterocycles. The van der Waals surface area contributed by atoms with Crippen molar-refractivity contribution < 1.29 is 0 Å². The molecule has 1 heterocycles. The zero-order chi connectivity index (χ0) is 23.6. The molecule has 0 aliphatic rings. The zero-order valence-electron chi connectivity index (χ0n) is 19.7. The van der Waals surface area contributed by atoms with E-state index in [0.29, 0.717) is 0 Å². The van der Waals surface area contributed by atoms with Crippen LogP contribution in [-0.2, 0) is 12.8 Å². The lowest BCUT2D eigenvalue weighted by atomic mass is 10.0. The highest BCUT2D eigenvalue weighted by molar-refractivity contribution is 5.64. The molecule has 0 fully saturated rings. The summed E-state index contributed by atoms with van der Waals surface area (Å²) in [6.07, 6.45) is 1.89. The van der Waals surface area contributed by atoms with Crippen LogP contribution < -0.4 is 0 Å². The molecular formula is C31H29N3. The van der Waals surface area contributed by atoms with Crippen molar-refractivity contribution in [3.63, 3.8) is 0 Å². The Labute approximate surface area is 202 Å². The molecule has 0 aliphatic carbocycles. The van der Waals surface area contributed by atoms with E-state index >= 15 is 0 Å². The summed E-state index contributed by atoms with van der Waals surface area (Å²) in [5.41, 5.74) is 6.03. The van der Waals surface area contributed by atoms with Gasteiger partial charge in [-0.25, -0.2) is 15.0 Å². The quantitative estimate of drug-likeness (QED) is 0.279. The van der Waals surface area contributed by atoms with Crippen molar-refractivity contribution in [1.29, 1.82) is 0 Å². The highest BCUT2D eigenvalue weighted by Crippen LogP contribution is 2.21. The van der Waals surface area contributed by atoms with Crippen molar-refractivity contribution in [2.45, 2.75) is 26.7 Å². The zero-order valence-corrected chi connectivity index (χ0v) is 19.7. The van der Waals surface area contributed by atoms with Gasteiger partial charge in [-0.2, -0.15) is 0 Å². The van der Waals surface area contributed by atoms with Gasteiger partial charge in [0.15, 0.2) is 11.6 Å². The van der Waals surface area contributed by atoms with E-state index in [-0.39, 0.29) is 0 Å². The van der Waals surface area contributed by atoms with Crippen LogP contribution in [-0.4, -0.2) is 15.0 Å². The Balaban J connectivity index is 0.000000172. The number of hydrogen-bond donors (Lipinski definition) is 0. The van der Waals surface area contributed by atoms with Crippen LogP contribution in [0.4, 0.5) is 0 Å². The van der Waals surface area contributed by atoms with Crippen LogP contribution in [0.25, 0.3) is 33.9 Å². The summed E-state index contributed by atoms with van der Waals surface area (Å²) < 4.78 is 0. The van der Waals surface area contributed by atoms with E-state index in [9.17, 15) is 0 Å². The molecule has 0 spiro atoms. The maximum absolute atomic E-state index is 4.60. The number of hydrogen-bond acceptors (Lipinski definition) is 3. The van der Waals surface area contributed by atoms with Crippen LogP contribution in [0.2, 0.25) is 0 Å². The molecule has 0 saturated carbocycles. The van der Waals surface area contributed by atoms with E-state index in [1.165, 1.54) is 16.7 Å². The normalized spacial score (nSPS) is 10.3. The monoisotopic (exact) mass is 443 g/mol. The summed E-state index contributed by atoms with van der Waals surface area (Å²) >= 11 is 0. The third-order valence-electron chi connectivity index (χ3n) is 5.50. The van der Waals surface area contributed by atoms with Gasteiger partial charge in [-0.3, -0.25) is 0 Å². The summed E-state index contributed by atoms with van der Waals surface area (Å²) in [5.74, 6) is 2.28. The second kappa shape index (κ2) is 11.7. The number of nitrogens with zero attached hydrogens (tertiary/aromatic N) is 3. The number of aromatic nitrogens is 3.